The van der Waals surface area contributed by atoms with Crippen LogP contribution in [0.1, 0.15) is 25.0 Å². The lowest BCUT2D eigenvalue weighted by molar-refractivity contribution is -0.163. The van der Waals surface area contributed by atoms with Crippen LogP contribution < -0.4 is 5.43 Å². The third-order valence-electron chi connectivity index (χ3n) is 5.11. The molecule has 4 N–H and O–H groups in total. The lowest BCUT2D eigenvalue weighted by Crippen LogP contribution is -2.43. The maximum Gasteiger partial charge on any atom is 0.197 e. The Balaban J connectivity index is 1.87. The second-order valence-electron chi connectivity index (χ2n) is 7.00. The fourth-order valence-electron chi connectivity index (χ4n) is 3.57. The van der Waals surface area contributed by atoms with Crippen molar-refractivity contribution in [2.75, 3.05) is 0 Å². The first kappa shape index (κ1) is 18.5. The number of benzene rings is 2. The van der Waals surface area contributed by atoms with E-state index in [1.165, 1.54) is 12.1 Å². The van der Waals surface area contributed by atoms with Crippen molar-refractivity contribution in [1.29, 1.82) is 0 Å². The van der Waals surface area contributed by atoms with Crippen LogP contribution in [-0.2, 0) is 4.74 Å². The number of rotatable bonds is 2. The van der Waals surface area contributed by atoms with Crippen LogP contribution in [-0.4, -0.2) is 38.7 Å². The lowest BCUT2D eigenvalue weighted by Gasteiger charge is -2.35. The number of ether oxygens (including phenoxy) is 1. The first-order chi connectivity index (χ1) is 13.4. The van der Waals surface area contributed by atoms with Gasteiger partial charge in [0.05, 0.1) is 18.3 Å². The average molecular weight is 384 g/mol. The molecule has 2 heterocycles. The van der Waals surface area contributed by atoms with Crippen molar-refractivity contribution in [1.82, 2.24) is 0 Å². The number of aliphatic hydroxyl groups excluding tert-OH is 2. The van der Waals surface area contributed by atoms with E-state index in [-0.39, 0.29) is 23.0 Å². The van der Waals surface area contributed by atoms with E-state index in [2.05, 4.69) is 0 Å². The van der Waals surface area contributed by atoms with Gasteiger partial charge in [-0.15, -0.1) is 0 Å². The summed E-state index contributed by atoms with van der Waals surface area (Å²) in [6.07, 6.45) is -3.53. The van der Waals surface area contributed by atoms with Crippen LogP contribution in [0.25, 0.3) is 22.3 Å². The van der Waals surface area contributed by atoms with Gasteiger partial charge in [0.15, 0.2) is 16.9 Å². The van der Waals surface area contributed by atoms with E-state index in [4.69, 9.17) is 9.15 Å². The summed E-state index contributed by atoms with van der Waals surface area (Å²) in [5.41, 5.74) is 0.467. The van der Waals surface area contributed by atoms with Gasteiger partial charge in [0.1, 0.15) is 22.8 Å². The van der Waals surface area contributed by atoms with Crippen molar-refractivity contribution >= 4 is 11.0 Å². The molecule has 1 fully saturated rings. The molecule has 7 heteroatoms. The number of aliphatic hydroxyl groups is 2. The minimum absolute atomic E-state index is 0.0205. The van der Waals surface area contributed by atoms with Crippen LogP contribution in [0, 0.1) is 0 Å². The molecule has 1 aliphatic rings. The van der Waals surface area contributed by atoms with Crippen LogP contribution in [0.15, 0.2) is 51.7 Å². The molecule has 1 aromatic heterocycles. The van der Waals surface area contributed by atoms with Crippen molar-refractivity contribution in [3.05, 3.63) is 58.3 Å². The van der Waals surface area contributed by atoms with Crippen LogP contribution >= 0.6 is 0 Å². The topological polar surface area (TPSA) is 120 Å². The van der Waals surface area contributed by atoms with Gasteiger partial charge < -0.3 is 29.6 Å². The van der Waals surface area contributed by atoms with Crippen molar-refractivity contribution in [3.63, 3.8) is 0 Å². The summed E-state index contributed by atoms with van der Waals surface area (Å²) < 4.78 is 11.5. The highest BCUT2D eigenvalue weighted by Crippen LogP contribution is 2.43. The standard InChI is InChI=1S/C21H20O7/c1-10-19(24)14(23)9-16(27-10)12-7-17-18(21(26)20(12)25)13(22)8-15(28-17)11-5-3-2-4-6-11/h2-8,10,14,16,19,23-26H,9H2,1H3/t10-,14+,16+,19-/m0/s1. The maximum absolute atomic E-state index is 12.5. The predicted octanol–water partition coefficient (Wildman–Crippen LogP) is 2.44. The molecular formula is C21H20O7. The summed E-state index contributed by atoms with van der Waals surface area (Å²) in [5, 5.41) is 40.6. The van der Waals surface area contributed by atoms with E-state index in [0.717, 1.165) is 0 Å². The Morgan fingerprint density at radius 2 is 1.75 bits per heavy atom. The molecule has 0 saturated carbocycles. The number of hydrogen-bond donors (Lipinski definition) is 4. The average Bonchev–Trinajstić information content (AvgIpc) is 2.68. The first-order valence-electron chi connectivity index (χ1n) is 8.96. The van der Waals surface area contributed by atoms with Crippen LogP contribution in [0.2, 0.25) is 0 Å². The Morgan fingerprint density at radius 1 is 1.04 bits per heavy atom. The molecule has 0 spiro atoms. The van der Waals surface area contributed by atoms with Gasteiger partial charge in [-0.3, -0.25) is 4.79 Å². The van der Waals surface area contributed by atoms with Gasteiger partial charge in [0.2, 0.25) is 0 Å². The number of phenolic OH excluding ortho intramolecular Hbond substituents is 2. The molecule has 0 amide bonds. The molecule has 0 aliphatic carbocycles. The highest BCUT2D eigenvalue weighted by atomic mass is 16.5. The SMILES string of the molecule is C[C@@H]1O[C@@H](c2cc3oc(-c4ccccc4)cc(=O)c3c(O)c2O)C[C@@H](O)[C@H]1O. The Hall–Kier alpha value is -2.87. The third kappa shape index (κ3) is 3.03. The molecule has 146 valence electrons. The number of aromatic hydroxyl groups is 2. The molecule has 3 aromatic rings. The van der Waals surface area contributed by atoms with Gasteiger partial charge >= 0.3 is 0 Å². The quantitative estimate of drug-likeness (QED) is 0.501. The molecule has 7 nitrogen and oxygen atoms in total. The van der Waals surface area contributed by atoms with E-state index >= 15 is 0 Å². The van der Waals surface area contributed by atoms with Gasteiger partial charge in [-0.05, 0) is 13.0 Å². The Kier molecular flexibility index (Phi) is 4.58. The van der Waals surface area contributed by atoms with Crippen LogP contribution in [0.5, 0.6) is 11.5 Å². The van der Waals surface area contributed by atoms with E-state index in [9.17, 15) is 25.2 Å². The Morgan fingerprint density at radius 3 is 2.43 bits per heavy atom. The lowest BCUT2D eigenvalue weighted by atomic mass is 9.93. The number of hydrogen-bond acceptors (Lipinski definition) is 7. The summed E-state index contributed by atoms with van der Waals surface area (Å²) in [6, 6.07) is 11.7. The van der Waals surface area contributed by atoms with Crippen molar-refractivity contribution in [3.8, 4) is 22.8 Å². The Bertz CT molecular complexity index is 1060. The largest absolute Gasteiger partial charge is 0.504 e. The first-order valence-corrected chi connectivity index (χ1v) is 8.96. The molecule has 0 unspecified atom stereocenters. The molecule has 4 atom stereocenters. The minimum atomic E-state index is -1.05. The maximum atomic E-state index is 12.5. The summed E-state index contributed by atoms with van der Waals surface area (Å²) in [4.78, 5) is 12.5. The molecule has 2 aromatic carbocycles. The van der Waals surface area contributed by atoms with Gasteiger partial charge in [-0.2, -0.15) is 0 Å². The fourth-order valence-corrected chi connectivity index (χ4v) is 3.57. The van der Waals surface area contributed by atoms with Gasteiger partial charge in [-0.25, -0.2) is 0 Å². The normalized spacial score (nSPS) is 25.1. The molecule has 0 bridgehead atoms. The van der Waals surface area contributed by atoms with E-state index < -0.39 is 41.3 Å². The minimum Gasteiger partial charge on any atom is -0.504 e. The van der Waals surface area contributed by atoms with E-state index in [1.54, 1.807) is 19.1 Å². The highest BCUT2D eigenvalue weighted by Gasteiger charge is 2.36. The fraction of sp³-hybridized carbons (Fsp3) is 0.286. The van der Waals surface area contributed by atoms with E-state index in [1.807, 2.05) is 18.2 Å². The molecule has 28 heavy (non-hydrogen) atoms. The van der Waals surface area contributed by atoms with Crippen molar-refractivity contribution in [2.24, 2.45) is 0 Å². The van der Waals surface area contributed by atoms with Crippen molar-refractivity contribution in [2.45, 2.75) is 37.8 Å². The van der Waals surface area contributed by atoms with Gasteiger partial charge in [0.25, 0.3) is 0 Å². The van der Waals surface area contributed by atoms with Gasteiger partial charge in [-0.1, -0.05) is 30.3 Å². The third-order valence-corrected chi connectivity index (χ3v) is 5.11. The predicted molar refractivity (Wildman–Crippen MR) is 101 cm³/mol. The van der Waals surface area contributed by atoms with Crippen LogP contribution in [0.3, 0.4) is 0 Å². The molecule has 1 saturated heterocycles. The summed E-state index contributed by atoms with van der Waals surface area (Å²) in [7, 11) is 0. The Labute approximate surface area is 160 Å². The molecule has 0 radical (unpaired) electrons. The smallest absolute Gasteiger partial charge is 0.197 e. The second kappa shape index (κ2) is 6.94. The molecule has 4 rings (SSSR count). The summed E-state index contributed by atoms with van der Waals surface area (Å²) >= 11 is 0. The highest BCUT2D eigenvalue weighted by molar-refractivity contribution is 5.88. The van der Waals surface area contributed by atoms with E-state index in [0.29, 0.717) is 11.3 Å². The second-order valence-corrected chi connectivity index (χ2v) is 7.00. The zero-order chi connectivity index (χ0) is 20.0. The zero-order valence-corrected chi connectivity index (χ0v) is 15.1. The summed E-state index contributed by atoms with van der Waals surface area (Å²) in [6.45, 7) is 1.60. The summed E-state index contributed by atoms with van der Waals surface area (Å²) in [5.74, 6) is -0.784. The van der Waals surface area contributed by atoms with Crippen LogP contribution in [0.4, 0.5) is 0 Å². The van der Waals surface area contributed by atoms with Crippen molar-refractivity contribution < 1.29 is 29.6 Å². The molecule has 1 aliphatic heterocycles. The number of fused-ring (bicyclic) bond motifs is 1. The number of phenols is 2. The molecular weight excluding hydrogens is 364 g/mol. The zero-order valence-electron chi connectivity index (χ0n) is 15.1. The monoisotopic (exact) mass is 384 g/mol. The van der Waals surface area contributed by atoms with Gasteiger partial charge in [0, 0.05) is 23.6 Å².